The average Bonchev–Trinajstić information content (AvgIpc) is 2.69. The highest BCUT2D eigenvalue weighted by Crippen LogP contribution is 2.33. The minimum Gasteiger partial charge on any atom is -0.390 e. The van der Waals surface area contributed by atoms with Gasteiger partial charge in [0, 0.05) is 12.6 Å². The predicted octanol–water partition coefficient (Wildman–Crippen LogP) is 2.29. The summed E-state index contributed by atoms with van der Waals surface area (Å²) in [5.41, 5.74) is 2.11. The van der Waals surface area contributed by atoms with Crippen molar-refractivity contribution >= 4 is 5.82 Å². The Bertz CT molecular complexity index is 573. The molecule has 18 heavy (non-hydrogen) atoms. The van der Waals surface area contributed by atoms with E-state index in [9.17, 15) is 9.50 Å². The second-order valence-electron chi connectivity index (χ2n) is 4.43. The monoisotopic (exact) mass is 244 g/mol. The van der Waals surface area contributed by atoms with Gasteiger partial charge in [-0.05, 0) is 23.3 Å². The fourth-order valence-corrected chi connectivity index (χ4v) is 2.39. The molecule has 92 valence electrons. The van der Waals surface area contributed by atoms with Crippen molar-refractivity contribution in [2.24, 2.45) is 0 Å². The van der Waals surface area contributed by atoms with Crippen LogP contribution in [0.3, 0.4) is 0 Å². The Kier molecular flexibility index (Phi) is 2.72. The zero-order chi connectivity index (χ0) is 12.5. The van der Waals surface area contributed by atoms with E-state index in [1.807, 2.05) is 24.3 Å². The zero-order valence-corrected chi connectivity index (χ0v) is 9.68. The van der Waals surface area contributed by atoms with Gasteiger partial charge in [0.15, 0.2) is 11.6 Å². The van der Waals surface area contributed by atoms with Crippen LogP contribution < -0.4 is 5.32 Å². The van der Waals surface area contributed by atoms with E-state index < -0.39 is 11.9 Å². The molecule has 2 aromatic rings. The summed E-state index contributed by atoms with van der Waals surface area (Å²) in [5, 5.41) is 13.0. The first-order valence-electron chi connectivity index (χ1n) is 5.88. The van der Waals surface area contributed by atoms with Crippen LogP contribution in [0, 0.1) is 5.82 Å². The maximum Gasteiger partial charge on any atom is 0.165 e. The molecule has 1 aliphatic rings. The molecule has 4 heteroatoms. The van der Waals surface area contributed by atoms with Gasteiger partial charge in [-0.3, -0.25) is 0 Å². The fourth-order valence-electron chi connectivity index (χ4n) is 2.39. The van der Waals surface area contributed by atoms with Gasteiger partial charge in [0.1, 0.15) is 0 Å². The first-order valence-corrected chi connectivity index (χ1v) is 5.88. The number of hydrogen-bond donors (Lipinski definition) is 2. The van der Waals surface area contributed by atoms with Crippen LogP contribution in [0.5, 0.6) is 0 Å². The molecular formula is C14H13FN2O. The van der Waals surface area contributed by atoms with E-state index >= 15 is 0 Å². The number of halogens is 1. The van der Waals surface area contributed by atoms with E-state index in [1.165, 1.54) is 12.3 Å². The molecule has 0 unspecified atom stereocenters. The number of aliphatic hydroxyl groups excluding tert-OH is 1. The third kappa shape index (κ3) is 1.84. The normalized spacial score (nSPS) is 21.7. The topological polar surface area (TPSA) is 45.1 Å². The number of rotatable bonds is 2. The van der Waals surface area contributed by atoms with Gasteiger partial charge in [0.25, 0.3) is 0 Å². The number of nitrogens with zero attached hydrogens (tertiary/aromatic N) is 1. The summed E-state index contributed by atoms with van der Waals surface area (Å²) < 4.78 is 13.5. The SMILES string of the molecule is O[C@@H]1Cc2ccccc2[C@@H]1Nc1ncccc1F. The lowest BCUT2D eigenvalue weighted by atomic mass is 10.1. The maximum atomic E-state index is 13.5. The average molecular weight is 244 g/mol. The smallest absolute Gasteiger partial charge is 0.165 e. The van der Waals surface area contributed by atoms with Gasteiger partial charge in [-0.15, -0.1) is 0 Å². The van der Waals surface area contributed by atoms with Crippen molar-refractivity contribution in [3.8, 4) is 0 Å². The van der Waals surface area contributed by atoms with Crippen LogP contribution >= 0.6 is 0 Å². The van der Waals surface area contributed by atoms with Gasteiger partial charge in [-0.25, -0.2) is 9.37 Å². The number of fused-ring (bicyclic) bond motifs is 1. The molecule has 0 spiro atoms. The molecule has 0 fully saturated rings. The highest BCUT2D eigenvalue weighted by molar-refractivity contribution is 5.45. The van der Waals surface area contributed by atoms with Crippen LogP contribution in [-0.2, 0) is 6.42 Å². The Labute approximate surface area is 104 Å². The Morgan fingerprint density at radius 3 is 2.89 bits per heavy atom. The highest BCUT2D eigenvalue weighted by atomic mass is 19.1. The third-order valence-electron chi connectivity index (χ3n) is 3.25. The molecule has 0 radical (unpaired) electrons. The summed E-state index contributed by atoms with van der Waals surface area (Å²) >= 11 is 0. The van der Waals surface area contributed by atoms with Crippen LogP contribution in [0.4, 0.5) is 10.2 Å². The van der Waals surface area contributed by atoms with Crippen LogP contribution in [0.15, 0.2) is 42.6 Å². The molecule has 2 atom stereocenters. The molecule has 1 aromatic heterocycles. The molecule has 2 N–H and O–H groups in total. The molecule has 1 heterocycles. The fraction of sp³-hybridized carbons (Fsp3) is 0.214. The molecule has 1 aromatic carbocycles. The molecule has 3 rings (SSSR count). The highest BCUT2D eigenvalue weighted by Gasteiger charge is 2.31. The number of benzene rings is 1. The van der Waals surface area contributed by atoms with Crippen LogP contribution in [0.2, 0.25) is 0 Å². The van der Waals surface area contributed by atoms with E-state index in [0.29, 0.717) is 6.42 Å². The first-order chi connectivity index (χ1) is 8.75. The molecule has 0 bridgehead atoms. The van der Waals surface area contributed by atoms with Crippen LogP contribution in [0.1, 0.15) is 17.2 Å². The van der Waals surface area contributed by atoms with Crippen molar-refractivity contribution in [3.05, 3.63) is 59.5 Å². The van der Waals surface area contributed by atoms with Gasteiger partial charge in [0.2, 0.25) is 0 Å². The van der Waals surface area contributed by atoms with Gasteiger partial charge in [-0.1, -0.05) is 24.3 Å². The summed E-state index contributed by atoms with van der Waals surface area (Å²) in [6.07, 6.45) is 1.56. The van der Waals surface area contributed by atoms with Crippen molar-refractivity contribution in [2.45, 2.75) is 18.6 Å². The summed E-state index contributed by atoms with van der Waals surface area (Å²) in [6.45, 7) is 0. The maximum absolute atomic E-state index is 13.5. The number of nitrogens with one attached hydrogen (secondary N) is 1. The lowest BCUT2D eigenvalue weighted by molar-refractivity contribution is 0.165. The van der Waals surface area contributed by atoms with Crippen molar-refractivity contribution in [1.82, 2.24) is 4.98 Å². The minimum absolute atomic E-state index is 0.179. The minimum atomic E-state index is -0.552. The Balaban J connectivity index is 1.92. The quantitative estimate of drug-likeness (QED) is 0.852. The van der Waals surface area contributed by atoms with E-state index in [2.05, 4.69) is 10.3 Å². The lowest BCUT2D eigenvalue weighted by Gasteiger charge is -2.18. The predicted molar refractivity (Wildman–Crippen MR) is 66.7 cm³/mol. The summed E-state index contributed by atoms with van der Waals surface area (Å²) in [6, 6.07) is 10.4. The molecule has 0 aliphatic heterocycles. The van der Waals surface area contributed by atoms with Crippen molar-refractivity contribution in [3.63, 3.8) is 0 Å². The summed E-state index contributed by atoms with van der Waals surface area (Å²) in [5.74, 6) is -0.229. The van der Waals surface area contributed by atoms with E-state index in [0.717, 1.165) is 11.1 Å². The number of hydrogen-bond acceptors (Lipinski definition) is 3. The zero-order valence-electron chi connectivity index (χ0n) is 9.68. The summed E-state index contributed by atoms with van der Waals surface area (Å²) in [4.78, 5) is 3.95. The largest absolute Gasteiger partial charge is 0.390 e. The second-order valence-corrected chi connectivity index (χ2v) is 4.43. The van der Waals surface area contributed by atoms with E-state index in [-0.39, 0.29) is 11.9 Å². The van der Waals surface area contributed by atoms with Crippen LogP contribution in [-0.4, -0.2) is 16.2 Å². The van der Waals surface area contributed by atoms with Crippen molar-refractivity contribution in [2.75, 3.05) is 5.32 Å². The lowest BCUT2D eigenvalue weighted by Crippen LogP contribution is -2.22. The Hall–Kier alpha value is -1.94. The molecule has 0 saturated carbocycles. The van der Waals surface area contributed by atoms with Gasteiger partial charge in [0.05, 0.1) is 12.1 Å². The summed E-state index contributed by atoms with van der Waals surface area (Å²) in [7, 11) is 0. The second kappa shape index (κ2) is 4.38. The Morgan fingerprint density at radius 2 is 2.06 bits per heavy atom. The number of pyridine rings is 1. The van der Waals surface area contributed by atoms with Crippen molar-refractivity contribution in [1.29, 1.82) is 0 Å². The van der Waals surface area contributed by atoms with E-state index in [4.69, 9.17) is 0 Å². The Morgan fingerprint density at radius 1 is 1.22 bits per heavy atom. The molecule has 1 aliphatic carbocycles. The molecule has 0 saturated heterocycles. The number of aromatic nitrogens is 1. The van der Waals surface area contributed by atoms with Gasteiger partial charge >= 0.3 is 0 Å². The van der Waals surface area contributed by atoms with Crippen molar-refractivity contribution < 1.29 is 9.50 Å². The van der Waals surface area contributed by atoms with Gasteiger partial charge in [-0.2, -0.15) is 0 Å². The number of aliphatic hydroxyl groups is 1. The van der Waals surface area contributed by atoms with E-state index in [1.54, 1.807) is 6.07 Å². The van der Waals surface area contributed by atoms with Crippen LogP contribution in [0.25, 0.3) is 0 Å². The first kappa shape index (κ1) is 11.2. The standard InChI is InChI=1S/C14H13FN2O/c15-11-6-3-7-16-14(11)17-13-10-5-2-1-4-9(10)8-12(13)18/h1-7,12-13,18H,8H2,(H,16,17)/t12-,13+/m1/s1. The van der Waals surface area contributed by atoms with Gasteiger partial charge < -0.3 is 10.4 Å². The molecule has 3 nitrogen and oxygen atoms in total. The number of anilines is 1. The molecular weight excluding hydrogens is 231 g/mol. The third-order valence-corrected chi connectivity index (χ3v) is 3.25. The molecule has 0 amide bonds.